The third-order valence-corrected chi connectivity index (χ3v) is 4.58. The van der Waals surface area contributed by atoms with Crippen LogP contribution in [0.5, 0.6) is 5.75 Å². The van der Waals surface area contributed by atoms with Crippen LogP contribution in [0.2, 0.25) is 0 Å². The summed E-state index contributed by atoms with van der Waals surface area (Å²) in [5.74, 6) is 1.68. The first kappa shape index (κ1) is 14.4. The summed E-state index contributed by atoms with van der Waals surface area (Å²) in [6.45, 7) is 5.31. The maximum Gasteiger partial charge on any atom is 0.119 e. The predicted molar refractivity (Wildman–Crippen MR) is 87.6 cm³/mol. The number of methoxy groups -OCH3 is 1. The van der Waals surface area contributed by atoms with Crippen molar-refractivity contribution in [1.29, 1.82) is 0 Å². The van der Waals surface area contributed by atoms with Crippen LogP contribution in [-0.2, 0) is 0 Å². The summed E-state index contributed by atoms with van der Waals surface area (Å²) in [6, 6.07) is 13.2. The maximum atomic E-state index is 6.06. The van der Waals surface area contributed by atoms with Crippen LogP contribution in [-0.4, -0.2) is 31.6 Å². The standard InChI is InChI=1S/C18H24N2O/c1-13-7-8-20(12-13)18(11-19)16-4-3-15-10-17(21-2)6-5-14(15)9-16/h3-6,9-10,13,18H,7-8,11-12,19H2,1-2H3. The number of likely N-dealkylation sites (tertiary alicyclic amines) is 1. The number of benzene rings is 2. The highest BCUT2D eigenvalue weighted by molar-refractivity contribution is 5.84. The Balaban J connectivity index is 1.91. The first-order chi connectivity index (χ1) is 10.2. The van der Waals surface area contributed by atoms with Gasteiger partial charge in [0, 0.05) is 19.1 Å². The molecule has 3 rings (SSSR count). The van der Waals surface area contributed by atoms with E-state index in [9.17, 15) is 0 Å². The number of fused-ring (bicyclic) bond motifs is 1. The fourth-order valence-electron chi connectivity index (χ4n) is 3.32. The molecule has 0 aromatic heterocycles. The molecule has 1 aliphatic rings. The van der Waals surface area contributed by atoms with Gasteiger partial charge in [-0.15, -0.1) is 0 Å². The van der Waals surface area contributed by atoms with Crippen molar-refractivity contribution in [3.05, 3.63) is 42.0 Å². The van der Waals surface area contributed by atoms with E-state index < -0.39 is 0 Å². The van der Waals surface area contributed by atoms with E-state index in [1.165, 1.54) is 22.8 Å². The summed E-state index contributed by atoms with van der Waals surface area (Å²) < 4.78 is 5.29. The number of nitrogens with two attached hydrogens (primary N) is 1. The molecular formula is C18H24N2O. The molecule has 2 aromatic carbocycles. The lowest BCUT2D eigenvalue weighted by molar-refractivity contribution is 0.244. The maximum absolute atomic E-state index is 6.06. The van der Waals surface area contributed by atoms with Crippen molar-refractivity contribution in [1.82, 2.24) is 4.90 Å². The van der Waals surface area contributed by atoms with Crippen LogP contribution in [0.15, 0.2) is 36.4 Å². The van der Waals surface area contributed by atoms with Crippen LogP contribution >= 0.6 is 0 Å². The summed E-state index contributed by atoms with van der Waals surface area (Å²) in [6.07, 6.45) is 1.28. The Morgan fingerprint density at radius 2 is 2.00 bits per heavy atom. The third-order valence-electron chi connectivity index (χ3n) is 4.58. The van der Waals surface area contributed by atoms with Gasteiger partial charge in [0.1, 0.15) is 5.75 Å². The molecule has 3 heteroatoms. The molecule has 2 atom stereocenters. The summed E-state index contributed by atoms with van der Waals surface area (Å²) in [7, 11) is 1.70. The molecule has 112 valence electrons. The van der Waals surface area contributed by atoms with Crippen LogP contribution in [0.25, 0.3) is 10.8 Å². The molecule has 0 spiro atoms. The lowest BCUT2D eigenvalue weighted by Gasteiger charge is -2.27. The Labute approximate surface area is 126 Å². The third kappa shape index (κ3) is 2.89. The second kappa shape index (κ2) is 6.04. The molecule has 21 heavy (non-hydrogen) atoms. The monoisotopic (exact) mass is 284 g/mol. The zero-order valence-corrected chi connectivity index (χ0v) is 12.9. The molecular weight excluding hydrogens is 260 g/mol. The van der Waals surface area contributed by atoms with E-state index in [4.69, 9.17) is 10.5 Å². The van der Waals surface area contributed by atoms with Gasteiger partial charge >= 0.3 is 0 Å². The molecule has 1 fully saturated rings. The molecule has 1 heterocycles. The summed E-state index contributed by atoms with van der Waals surface area (Å²) in [4.78, 5) is 2.52. The molecule has 0 radical (unpaired) electrons. The van der Waals surface area contributed by atoms with Gasteiger partial charge in [0.15, 0.2) is 0 Å². The Morgan fingerprint density at radius 3 is 2.67 bits per heavy atom. The van der Waals surface area contributed by atoms with Gasteiger partial charge in [-0.2, -0.15) is 0 Å². The fraction of sp³-hybridized carbons (Fsp3) is 0.444. The van der Waals surface area contributed by atoms with Crippen molar-refractivity contribution < 1.29 is 4.74 Å². The topological polar surface area (TPSA) is 38.5 Å². The van der Waals surface area contributed by atoms with Gasteiger partial charge in [-0.1, -0.05) is 25.1 Å². The summed E-state index contributed by atoms with van der Waals surface area (Å²) >= 11 is 0. The minimum Gasteiger partial charge on any atom is -0.497 e. The van der Waals surface area contributed by atoms with Crippen molar-refractivity contribution in [2.75, 3.05) is 26.7 Å². The second-order valence-electron chi connectivity index (χ2n) is 6.11. The van der Waals surface area contributed by atoms with Crippen molar-refractivity contribution in [2.45, 2.75) is 19.4 Å². The lowest BCUT2D eigenvalue weighted by Crippen LogP contribution is -2.31. The molecule has 0 amide bonds. The Bertz CT molecular complexity index is 626. The minimum atomic E-state index is 0.335. The predicted octanol–water partition coefficient (Wildman–Crippen LogP) is 3.19. The highest BCUT2D eigenvalue weighted by Crippen LogP contribution is 2.29. The second-order valence-corrected chi connectivity index (χ2v) is 6.11. The molecule has 0 saturated carbocycles. The zero-order chi connectivity index (χ0) is 14.8. The molecule has 1 saturated heterocycles. The van der Waals surface area contributed by atoms with E-state index in [1.807, 2.05) is 6.07 Å². The van der Waals surface area contributed by atoms with Crippen LogP contribution < -0.4 is 10.5 Å². The molecule has 2 N–H and O–H groups in total. The molecule has 0 aliphatic carbocycles. The van der Waals surface area contributed by atoms with E-state index in [1.54, 1.807) is 7.11 Å². The van der Waals surface area contributed by atoms with Crippen LogP contribution in [0, 0.1) is 5.92 Å². The van der Waals surface area contributed by atoms with Gasteiger partial charge in [-0.25, -0.2) is 0 Å². The molecule has 2 unspecified atom stereocenters. The van der Waals surface area contributed by atoms with Gasteiger partial charge < -0.3 is 10.5 Å². The first-order valence-corrected chi connectivity index (χ1v) is 7.73. The van der Waals surface area contributed by atoms with Crippen LogP contribution in [0.1, 0.15) is 24.9 Å². The number of hydrogen-bond acceptors (Lipinski definition) is 3. The van der Waals surface area contributed by atoms with Crippen LogP contribution in [0.3, 0.4) is 0 Å². The molecule has 3 nitrogen and oxygen atoms in total. The van der Waals surface area contributed by atoms with Crippen LogP contribution in [0.4, 0.5) is 0 Å². The lowest BCUT2D eigenvalue weighted by atomic mass is 10.0. The first-order valence-electron chi connectivity index (χ1n) is 7.73. The van der Waals surface area contributed by atoms with E-state index >= 15 is 0 Å². The van der Waals surface area contributed by atoms with Gasteiger partial charge in [0.25, 0.3) is 0 Å². The SMILES string of the molecule is COc1ccc2cc(C(CN)N3CCC(C)C3)ccc2c1. The van der Waals surface area contributed by atoms with E-state index in [0.29, 0.717) is 12.6 Å². The van der Waals surface area contributed by atoms with Gasteiger partial charge in [-0.05, 0) is 53.4 Å². The number of nitrogens with zero attached hydrogens (tertiary/aromatic N) is 1. The highest BCUT2D eigenvalue weighted by Gasteiger charge is 2.26. The van der Waals surface area contributed by atoms with Crippen molar-refractivity contribution in [2.24, 2.45) is 11.7 Å². The summed E-state index contributed by atoms with van der Waals surface area (Å²) in [5.41, 5.74) is 7.38. The minimum absolute atomic E-state index is 0.335. The largest absolute Gasteiger partial charge is 0.497 e. The summed E-state index contributed by atoms with van der Waals surface area (Å²) in [5, 5.41) is 2.46. The smallest absolute Gasteiger partial charge is 0.119 e. The van der Waals surface area contributed by atoms with Gasteiger partial charge in [0.2, 0.25) is 0 Å². The molecule has 0 bridgehead atoms. The van der Waals surface area contributed by atoms with Gasteiger partial charge in [-0.3, -0.25) is 4.90 Å². The van der Waals surface area contributed by atoms with E-state index in [0.717, 1.165) is 24.8 Å². The Kier molecular flexibility index (Phi) is 4.13. The number of rotatable bonds is 4. The van der Waals surface area contributed by atoms with Gasteiger partial charge in [0.05, 0.1) is 7.11 Å². The van der Waals surface area contributed by atoms with E-state index in [2.05, 4.69) is 42.2 Å². The zero-order valence-electron chi connectivity index (χ0n) is 12.9. The van der Waals surface area contributed by atoms with Crippen molar-refractivity contribution in [3.63, 3.8) is 0 Å². The Hall–Kier alpha value is -1.58. The molecule has 2 aromatic rings. The fourth-order valence-corrected chi connectivity index (χ4v) is 3.32. The van der Waals surface area contributed by atoms with Crippen molar-refractivity contribution >= 4 is 10.8 Å². The van der Waals surface area contributed by atoms with Crippen molar-refractivity contribution in [3.8, 4) is 5.75 Å². The number of hydrogen-bond donors (Lipinski definition) is 1. The number of ether oxygens (including phenoxy) is 1. The highest BCUT2D eigenvalue weighted by atomic mass is 16.5. The Morgan fingerprint density at radius 1 is 1.24 bits per heavy atom. The molecule has 1 aliphatic heterocycles. The normalized spacial score (nSPS) is 20.8. The average molecular weight is 284 g/mol. The van der Waals surface area contributed by atoms with E-state index in [-0.39, 0.29) is 0 Å². The average Bonchev–Trinajstić information content (AvgIpc) is 2.93. The quantitative estimate of drug-likeness (QED) is 0.937.